The zero-order valence-electron chi connectivity index (χ0n) is 12.3. The van der Waals surface area contributed by atoms with Crippen molar-refractivity contribution in [3.05, 3.63) is 33.7 Å². The van der Waals surface area contributed by atoms with Crippen LogP contribution < -0.4 is 10.9 Å². The van der Waals surface area contributed by atoms with E-state index in [0.717, 1.165) is 24.5 Å². The number of fused-ring (bicyclic) bond motifs is 1. The highest BCUT2D eigenvalue weighted by molar-refractivity contribution is 5.26. The third-order valence-electron chi connectivity index (χ3n) is 4.27. The predicted octanol–water partition coefficient (Wildman–Crippen LogP) is 3.17. The third kappa shape index (κ3) is 3.69. The lowest BCUT2D eigenvalue weighted by atomic mass is 9.90. The number of rotatable bonds is 5. The van der Waals surface area contributed by atoms with Crippen molar-refractivity contribution in [2.24, 2.45) is 5.92 Å². The molecular formula is C16H26N2O. The summed E-state index contributed by atoms with van der Waals surface area (Å²) in [5.41, 5.74) is 2.45. The van der Waals surface area contributed by atoms with Gasteiger partial charge in [-0.1, -0.05) is 26.3 Å². The summed E-state index contributed by atoms with van der Waals surface area (Å²) in [4.78, 5) is 14.4. The maximum atomic E-state index is 11.4. The largest absolute Gasteiger partial charge is 0.326 e. The second-order valence-corrected chi connectivity index (χ2v) is 6.02. The van der Waals surface area contributed by atoms with E-state index in [2.05, 4.69) is 31.1 Å². The van der Waals surface area contributed by atoms with E-state index in [4.69, 9.17) is 0 Å². The molecule has 0 aromatic carbocycles. The van der Waals surface area contributed by atoms with Gasteiger partial charge in [-0.15, -0.1) is 0 Å². The standard InChI is InChI=1S/C16H26N2O/c1-4-11(2)10-12(3)17-14-6-5-7-15-13(14)8-9-16(19)18-15/h8-9,11-12,14,17H,4-7,10H2,1-3H3,(H,18,19). The zero-order valence-corrected chi connectivity index (χ0v) is 12.3. The summed E-state index contributed by atoms with van der Waals surface area (Å²) >= 11 is 0. The Morgan fingerprint density at radius 3 is 2.95 bits per heavy atom. The lowest BCUT2D eigenvalue weighted by Gasteiger charge is -2.29. The molecule has 2 rings (SSSR count). The first-order valence-corrected chi connectivity index (χ1v) is 7.58. The SMILES string of the molecule is CCC(C)CC(C)NC1CCCc2[nH]c(=O)ccc21. The molecule has 3 heteroatoms. The molecule has 0 bridgehead atoms. The Hall–Kier alpha value is -1.09. The molecule has 106 valence electrons. The van der Waals surface area contributed by atoms with Gasteiger partial charge >= 0.3 is 0 Å². The Morgan fingerprint density at radius 1 is 1.42 bits per heavy atom. The third-order valence-corrected chi connectivity index (χ3v) is 4.27. The van der Waals surface area contributed by atoms with E-state index >= 15 is 0 Å². The minimum Gasteiger partial charge on any atom is -0.326 e. The summed E-state index contributed by atoms with van der Waals surface area (Å²) in [5, 5.41) is 3.74. The van der Waals surface area contributed by atoms with Crippen molar-refractivity contribution in [2.75, 3.05) is 0 Å². The van der Waals surface area contributed by atoms with Gasteiger partial charge in [-0.3, -0.25) is 4.79 Å². The van der Waals surface area contributed by atoms with Crippen LogP contribution in [0.1, 0.15) is 63.8 Å². The van der Waals surface area contributed by atoms with E-state index in [0.29, 0.717) is 12.1 Å². The Balaban J connectivity index is 2.05. The van der Waals surface area contributed by atoms with Crippen LogP contribution in [0, 0.1) is 5.92 Å². The highest BCUT2D eigenvalue weighted by Crippen LogP contribution is 2.28. The van der Waals surface area contributed by atoms with Gasteiger partial charge in [0.2, 0.25) is 5.56 Å². The predicted molar refractivity (Wildman–Crippen MR) is 79.4 cm³/mol. The van der Waals surface area contributed by atoms with Gasteiger partial charge in [0.25, 0.3) is 0 Å². The van der Waals surface area contributed by atoms with Crippen molar-refractivity contribution in [3.8, 4) is 0 Å². The molecule has 1 aliphatic carbocycles. The molecule has 1 aromatic rings. The van der Waals surface area contributed by atoms with Crippen molar-refractivity contribution in [2.45, 2.75) is 65.0 Å². The summed E-state index contributed by atoms with van der Waals surface area (Å²) in [6.07, 6.45) is 5.78. The molecule has 1 aliphatic rings. The molecule has 3 atom stereocenters. The van der Waals surface area contributed by atoms with E-state index in [1.54, 1.807) is 6.07 Å². The van der Waals surface area contributed by atoms with Gasteiger partial charge in [0, 0.05) is 23.8 Å². The highest BCUT2D eigenvalue weighted by Gasteiger charge is 2.22. The van der Waals surface area contributed by atoms with E-state index in [1.807, 2.05) is 6.07 Å². The Kier molecular flexibility index (Phi) is 4.81. The molecular weight excluding hydrogens is 236 g/mol. The summed E-state index contributed by atoms with van der Waals surface area (Å²) in [5.74, 6) is 0.765. The molecule has 3 unspecified atom stereocenters. The van der Waals surface area contributed by atoms with E-state index in [-0.39, 0.29) is 5.56 Å². The van der Waals surface area contributed by atoms with Crippen molar-refractivity contribution in [3.63, 3.8) is 0 Å². The summed E-state index contributed by atoms with van der Waals surface area (Å²) in [7, 11) is 0. The van der Waals surface area contributed by atoms with E-state index in [9.17, 15) is 4.79 Å². The van der Waals surface area contributed by atoms with Crippen LogP contribution in [0.25, 0.3) is 0 Å². The number of nitrogens with one attached hydrogen (secondary N) is 2. The van der Waals surface area contributed by atoms with Crippen LogP contribution in [0.2, 0.25) is 0 Å². The normalized spacial score (nSPS) is 21.7. The van der Waals surface area contributed by atoms with Crippen molar-refractivity contribution < 1.29 is 0 Å². The fourth-order valence-corrected chi connectivity index (χ4v) is 3.06. The highest BCUT2D eigenvalue weighted by atomic mass is 16.1. The Morgan fingerprint density at radius 2 is 2.21 bits per heavy atom. The Bertz CT molecular complexity index is 466. The second-order valence-electron chi connectivity index (χ2n) is 6.02. The van der Waals surface area contributed by atoms with Crippen molar-refractivity contribution in [1.82, 2.24) is 10.3 Å². The van der Waals surface area contributed by atoms with Crippen LogP contribution in [0.3, 0.4) is 0 Å². The van der Waals surface area contributed by atoms with Gasteiger partial charge in [-0.05, 0) is 44.1 Å². The lowest BCUT2D eigenvalue weighted by molar-refractivity contribution is 0.352. The average Bonchev–Trinajstić information content (AvgIpc) is 2.38. The molecule has 0 aliphatic heterocycles. The first-order chi connectivity index (χ1) is 9.10. The van der Waals surface area contributed by atoms with Crippen LogP contribution in [0.5, 0.6) is 0 Å². The zero-order chi connectivity index (χ0) is 13.8. The minimum atomic E-state index is 0.0204. The molecule has 0 saturated heterocycles. The topological polar surface area (TPSA) is 44.9 Å². The lowest BCUT2D eigenvalue weighted by Crippen LogP contribution is -2.34. The molecule has 1 aromatic heterocycles. The first kappa shape index (κ1) is 14.3. The van der Waals surface area contributed by atoms with Gasteiger partial charge in [0.15, 0.2) is 0 Å². The summed E-state index contributed by atoms with van der Waals surface area (Å²) in [6.45, 7) is 6.83. The summed E-state index contributed by atoms with van der Waals surface area (Å²) in [6, 6.07) is 4.58. The molecule has 0 radical (unpaired) electrons. The molecule has 1 heterocycles. The van der Waals surface area contributed by atoms with Gasteiger partial charge < -0.3 is 10.3 Å². The minimum absolute atomic E-state index is 0.0204. The molecule has 0 spiro atoms. The Labute approximate surface area is 115 Å². The van der Waals surface area contributed by atoms with Crippen LogP contribution in [0.4, 0.5) is 0 Å². The maximum absolute atomic E-state index is 11.4. The average molecular weight is 262 g/mol. The van der Waals surface area contributed by atoms with Crippen LogP contribution in [-0.2, 0) is 6.42 Å². The molecule has 0 saturated carbocycles. The van der Waals surface area contributed by atoms with Crippen molar-refractivity contribution >= 4 is 0 Å². The smallest absolute Gasteiger partial charge is 0.248 e. The van der Waals surface area contributed by atoms with Gasteiger partial charge in [0.05, 0.1) is 0 Å². The molecule has 0 amide bonds. The van der Waals surface area contributed by atoms with E-state index in [1.165, 1.54) is 24.8 Å². The quantitative estimate of drug-likeness (QED) is 0.856. The molecule has 2 N–H and O–H groups in total. The van der Waals surface area contributed by atoms with Gasteiger partial charge in [-0.25, -0.2) is 0 Å². The van der Waals surface area contributed by atoms with Crippen LogP contribution in [0.15, 0.2) is 16.9 Å². The van der Waals surface area contributed by atoms with Gasteiger partial charge in [0.1, 0.15) is 0 Å². The van der Waals surface area contributed by atoms with Crippen molar-refractivity contribution in [1.29, 1.82) is 0 Å². The number of hydrogen-bond donors (Lipinski definition) is 2. The van der Waals surface area contributed by atoms with Crippen LogP contribution in [-0.4, -0.2) is 11.0 Å². The number of aromatic nitrogens is 1. The van der Waals surface area contributed by atoms with E-state index < -0.39 is 0 Å². The number of hydrogen-bond acceptors (Lipinski definition) is 2. The fraction of sp³-hybridized carbons (Fsp3) is 0.688. The molecule has 19 heavy (non-hydrogen) atoms. The molecule has 0 fully saturated rings. The fourth-order valence-electron chi connectivity index (χ4n) is 3.06. The monoisotopic (exact) mass is 262 g/mol. The number of aryl methyl sites for hydroxylation is 1. The molecule has 3 nitrogen and oxygen atoms in total. The van der Waals surface area contributed by atoms with Crippen LogP contribution >= 0.6 is 0 Å². The second kappa shape index (κ2) is 6.38. The number of H-pyrrole nitrogens is 1. The number of pyridine rings is 1. The number of aromatic amines is 1. The summed E-state index contributed by atoms with van der Waals surface area (Å²) < 4.78 is 0. The first-order valence-electron chi connectivity index (χ1n) is 7.58. The van der Waals surface area contributed by atoms with Gasteiger partial charge in [-0.2, -0.15) is 0 Å². The maximum Gasteiger partial charge on any atom is 0.248 e.